The summed E-state index contributed by atoms with van der Waals surface area (Å²) >= 11 is 0. The van der Waals surface area contributed by atoms with E-state index in [1.807, 2.05) is 31.2 Å². The first kappa shape index (κ1) is 20.1. The fourth-order valence-electron chi connectivity index (χ4n) is 2.32. The summed E-state index contributed by atoms with van der Waals surface area (Å²) in [7, 11) is 3.09. The van der Waals surface area contributed by atoms with Crippen molar-refractivity contribution < 1.29 is 28.5 Å². The van der Waals surface area contributed by atoms with Crippen molar-refractivity contribution in [1.29, 1.82) is 0 Å². The molecule has 0 saturated carbocycles. The minimum atomic E-state index is -0.616. The fraction of sp³-hybridized carbons (Fsp3) is 0.300. The van der Waals surface area contributed by atoms with Crippen LogP contribution in [0.15, 0.2) is 42.5 Å². The Kier molecular flexibility index (Phi) is 7.49. The number of hydrogen-bond donors (Lipinski definition) is 1. The standard InChI is InChI=1S/C20H23NO6/c1-4-26-18-11-15(8-9-17(18)25-3)20(23)27-13-19(22)21-12-14-6-5-7-16(10-14)24-2/h5-11H,4,12-13H2,1-3H3,(H,21,22). The number of esters is 1. The van der Waals surface area contributed by atoms with Crippen LogP contribution in [0.2, 0.25) is 0 Å². The lowest BCUT2D eigenvalue weighted by Gasteiger charge is -2.11. The maximum Gasteiger partial charge on any atom is 0.338 e. The maximum atomic E-state index is 12.1. The summed E-state index contributed by atoms with van der Waals surface area (Å²) in [5.41, 5.74) is 1.16. The van der Waals surface area contributed by atoms with Crippen LogP contribution in [0.5, 0.6) is 17.2 Å². The number of rotatable bonds is 9. The quantitative estimate of drug-likeness (QED) is 0.680. The lowest BCUT2D eigenvalue weighted by atomic mass is 10.2. The predicted molar refractivity (Wildman–Crippen MR) is 99.3 cm³/mol. The topological polar surface area (TPSA) is 83.1 Å². The SMILES string of the molecule is CCOc1cc(C(=O)OCC(=O)NCc2cccc(OC)c2)ccc1OC. The van der Waals surface area contributed by atoms with E-state index < -0.39 is 11.9 Å². The molecule has 0 heterocycles. The third-order valence-electron chi connectivity index (χ3n) is 3.66. The van der Waals surface area contributed by atoms with Gasteiger partial charge in [0, 0.05) is 6.54 Å². The average molecular weight is 373 g/mol. The van der Waals surface area contributed by atoms with Crippen molar-refractivity contribution in [2.24, 2.45) is 0 Å². The second kappa shape index (κ2) is 10.1. The van der Waals surface area contributed by atoms with Gasteiger partial charge in [-0.3, -0.25) is 4.79 Å². The van der Waals surface area contributed by atoms with Crippen LogP contribution in [0.25, 0.3) is 0 Å². The fourth-order valence-corrected chi connectivity index (χ4v) is 2.32. The molecular weight excluding hydrogens is 350 g/mol. The molecule has 1 N–H and O–H groups in total. The monoisotopic (exact) mass is 373 g/mol. The van der Waals surface area contributed by atoms with Crippen LogP contribution in [-0.4, -0.2) is 39.3 Å². The first-order valence-corrected chi connectivity index (χ1v) is 8.45. The van der Waals surface area contributed by atoms with Crippen molar-refractivity contribution in [3.63, 3.8) is 0 Å². The molecule has 0 spiro atoms. The molecule has 0 fully saturated rings. The molecule has 27 heavy (non-hydrogen) atoms. The molecule has 7 heteroatoms. The molecule has 2 rings (SSSR count). The minimum Gasteiger partial charge on any atom is -0.497 e. The third kappa shape index (κ3) is 5.91. The minimum absolute atomic E-state index is 0.278. The molecule has 2 aromatic rings. The molecule has 2 aromatic carbocycles. The molecular formula is C20H23NO6. The highest BCUT2D eigenvalue weighted by atomic mass is 16.5. The lowest BCUT2D eigenvalue weighted by molar-refractivity contribution is -0.124. The highest BCUT2D eigenvalue weighted by Gasteiger charge is 2.14. The van der Waals surface area contributed by atoms with Gasteiger partial charge < -0.3 is 24.3 Å². The van der Waals surface area contributed by atoms with Gasteiger partial charge in [-0.05, 0) is 42.8 Å². The van der Waals surface area contributed by atoms with Crippen LogP contribution < -0.4 is 19.5 Å². The maximum absolute atomic E-state index is 12.1. The zero-order valence-corrected chi connectivity index (χ0v) is 15.6. The number of carbonyl (C=O) groups excluding carboxylic acids is 2. The van der Waals surface area contributed by atoms with Crippen LogP contribution in [0.1, 0.15) is 22.8 Å². The van der Waals surface area contributed by atoms with Gasteiger partial charge in [0.2, 0.25) is 0 Å². The van der Waals surface area contributed by atoms with Crippen LogP contribution >= 0.6 is 0 Å². The number of methoxy groups -OCH3 is 2. The van der Waals surface area contributed by atoms with E-state index in [0.717, 1.165) is 5.56 Å². The summed E-state index contributed by atoms with van der Waals surface area (Å²) in [6.45, 7) is 2.20. The molecule has 0 aliphatic rings. The van der Waals surface area contributed by atoms with Gasteiger partial charge in [0.25, 0.3) is 5.91 Å². The van der Waals surface area contributed by atoms with Gasteiger partial charge in [-0.1, -0.05) is 12.1 Å². The van der Waals surface area contributed by atoms with Crippen molar-refractivity contribution in [2.75, 3.05) is 27.4 Å². The Labute approximate surface area is 158 Å². The molecule has 0 bridgehead atoms. The third-order valence-corrected chi connectivity index (χ3v) is 3.66. The second-order valence-corrected chi connectivity index (χ2v) is 5.50. The zero-order chi connectivity index (χ0) is 19.6. The van der Waals surface area contributed by atoms with Crippen LogP contribution in [-0.2, 0) is 16.1 Å². The summed E-state index contributed by atoms with van der Waals surface area (Å²) < 4.78 is 20.8. The Balaban J connectivity index is 1.87. The highest BCUT2D eigenvalue weighted by molar-refractivity contribution is 5.92. The van der Waals surface area contributed by atoms with E-state index >= 15 is 0 Å². The normalized spacial score (nSPS) is 10.0. The largest absolute Gasteiger partial charge is 0.497 e. The van der Waals surface area contributed by atoms with E-state index in [2.05, 4.69) is 5.32 Å². The van der Waals surface area contributed by atoms with E-state index in [9.17, 15) is 9.59 Å². The smallest absolute Gasteiger partial charge is 0.338 e. The molecule has 0 radical (unpaired) electrons. The van der Waals surface area contributed by atoms with E-state index in [1.165, 1.54) is 13.2 Å². The van der Waals surface area contributed by atoms with E-state index in [4.69, 9.17) is 18.9 Å². The summed E-state index contributed by atoms with van der Waals surface area (Å²) in [6.07, 6.45) is 0. The summed E-state index contributed by atoms with van der Waals surface area (Å²) in [6, 6.07) is 12.0. The number of hydrogen-bond acceptors (Lipinski definition) is 6. The van der Waals surface area contributed by atoms with E-state index in [0.29, 0.717) is 30.4 Å². The van der Waals surface area contributed by atoms with Gasteiger partial charge in [-0.25, -0.2) is 4.79 Å². The van der Waals surface area contributed by atoms with Gasteiger partial charge in [-0.15, -0.1) is 0 Å². The molecule has 0 saturated heterocycles. The number of nitrogens with one attached hydrogen (secondary N) is 1. The Bertz CT molecular complexity index is 790. The second-order valence-electron chi connectivity index (χ2n) is 5.50. The van der Waals surface area contributed by atoms with Crippen LogP contribution in [0.4, 0.5) is 0 Å². The molecule has 0 aliphatic heterocycles. The number of benzene rings is 2. The predicted octanol–water partition coefficient (Wildman–Crippen LogP) is 2.58. The molecule has 144 valence electrons. The van der Waals surface area contributed by atoms with Gasteiger partial charge in [0.1, 0.15) is 5.75 Å². The highest BCUT2D eigenvalue weighted by Crippen LogP contribution is 2.28. The van der Waals surface area contributed by atoms with Crippen molar-refractivity contribution >= 4 is 11.9 Å². The van der Waals surface area contributed by atoms with Gasteiger partial charge >= 0.3 is 5.97 Å². The number of amides is 1. The molecule has 0 unspecified atom stereocenters. The van der Waals surface area contributed by atoms with E-state index in [-0.39, 0.29) is 12.2 Å². The Morgan fingerprint density at radius 3 is 2.52 bits per heavy atom. The van der Waals surface area contributed by atoms with Crippen LogP contribution in [0, 0.1) is 0 Å². The summed E-state index contributed by atoms with van der Waals surface area (Å²) in [5, 5.41) is 2.69. The number of ether oxygens (including phenoxy) is 4. The van der Waals surface area contributed by atoms with E-state index in [1.54, 1.807) is 19.2 Å². The lowest BCUT2D eigenvalue weighted by Crippen LogP contribution is -2.28. The zero-order valence-electron chi connectivity index (χ0n) is 15.6. The van der Waals surface area contributed by atoms with Crippen LogP contribution in [0.3, 0.4) is 0 Å². The molecule has 0 aliphatic carbocycles. The first-order chi connectivity index (χ1) is 13.1. The number of carbonyl (C=O) groups is 2. The van der Waals surface area contributed by atoms with Gasteiger partial charge in [0.15, 0.2) is 18.1 Å². The Morgan fingerprint density at radius 2 is 1.81 bits per heavy atom. The van der Waals surface area contributed by atoms with Crippen molar-refractivity contribution in [1.82, 2.24) is 5.32 Å². The summed E-state index contributed by atoms with van der Waals surface area (Å²) in [4.78, 5) is 24.1. The van der Waals surface area contributed by atoms with Crippen molar-refractivity contribution in [3.8, 4) is 17.2 Å². The molecule has 0 aromatic heterocycles. The average Bonchev–Trinajstić information content (AvgIpc) is 2.70. The van der Waals surface area contributed by atoms with Crippen molar-refractivity contribution in [2.45, 2.75) is 13.5 Å². The molecule has 1 amide bonds. The van der Waals surface area contributed by atoms with Crippen molar-refractivity contribution in [3.05, 3.63) is 53.6 Å². The van der Waals surface area contributed by atoms with Gasteiger partial charge in [0.05, 0.1) is 26.4 Å². The van der Waals surface area contributed by atoms with Gasteiger partial charge in [-0.2, -0.15) is 0 Å². The summed E-state index contributed by atoms with van der Waals surface area (Å²) in [5.74, 6) is 0.652. The molecule has 7 nitrogen and oxygen atoms in total. The Morgan fingerprint density at radius 1 is 1.00 bits per heavy atom. The molecule has 0 atom stereocenters. The Hall–Kier alpha value is -3.22. The first-order valence-electron chi connectivity index (χ1n) is 8.45.